The molecule has 0 aliphatic rings. The van der Waals surface area contributed by atoms with Crippen molar-refractivity contribution >= 4 is 28.8 Å². The summed E-state index contributed by atoms with van der Waals surface area (Å²) >= 11 is 0. The second kappa shape index (κ2) is 10.4. The van der Waals surface area contributed by atoms with Gasteiger partial charge in [0.15, 0.2) is 0 Å². The number of carbonyl (C=O) groups is 1. The van der Waals surface area contributed by atoms with Crippen LogP contribution >= 0.6 is 0 Å². The molecule has 2 heterocycles. The second-order valence-corrected chi connectivity index (χ2v) is 8.80. The first kappa shape index (κ1) is 25.7. The van der Waals surface area contributed by atoms with E-state index in [9.17, 15) is 22.4 Å². The Balaban J connectivity index is 1.44. The van der Waals surface area contributed by atoms with Crippen LogP contribution < -0.4 is 11.1 Å². The molecule has 196 valence electrons. The van der Waals surface area contributed by atoms with Gasteiger partial charge in [-0.15, -0.1) is 0 Å². The maximum Gasteiger partial charge on any atom is 0.416 e. The van der Waals surface area contributed by atoms with E-state index in [1.165, 1.54) is 30.3 Å². The van der Waals surface area contributed by atoms with Gasteiger partial charge < -0.3 is 15.5 Å². The maximum atomic E-state index is 13.6. The number of hydrogen-bond donors (Lipinski definition) is 2. The number of fused-ring (bicyclic) bond motifs is 1. The number of hydrogen-bond acceptors (Lipinski definition) is 4. The van der Waals surface area contributed by atoms with E-state index in [4.69, 9.17) is 10.2 Å². The van der Waals surface area contributed by atoms with Gasteiger partial charge in [-0.3, -0.25) is 4.79 Å². The number of pyridine rings is 1. The van der Waals surface area contributed by atoms with Crippen molar-refractivity contribution in [1.82, 2.24) is 10.3 Å². The number of aromatic nitrogens is 1. The number of alkyl halides is 3. The largest absolute Gasteiger partial charge is 0.459 e. The van der Waals surface area contributed by atoms with Crippen LogP contribution in [0, 0.1) is 5.82 Å². The highest BCUT2D eigenvalue weighted by molar-refractivity contribution is 5.97. The third-order valence-electron chi connectivity index (χ3n) is 6.04. The van der Waals surface area contributed by atoms with E-state index in [0.29, 0.717) is 50.4 Å². The highest BCUT2D eigenvalue weighted by Crippen LogP contribution is 2.37. The summed E-state index contributed by atoms with van der Waals surface area (Å²) in [7, 11) is 0. The van der Waals surface area contributed by atoms with Crippen molar-refractivity contribution < 1.29 is 26.8 Å². The molecule has 0 saturated carbocycles. The first-order valence-electron chi connectivity index (χ1n) is 11.8. The van der Waals surface area contributed by atoms with Crippen LogP contribution in [0.1, 0.15) is 16.9 Å². The molecule has 5 aromatic rings. The summed E-state index contributed by atoms with van der Waals surface area (Å²) in [5, 5.41) is 3.43. The van der Waals surface area contributed by atoms with Crippen LogP contribution in [-0.4, -0.2) is 10.9 Å². The van der Waals surface area contributed by atoms with Crippen molar-refractivity contribution in [3.05, 3.63) is 114 Å². The van der Waals surface area contributed by atoms with Crippen LogP contribution in [-0.2, 0) is 17.5 Å². The third kappa shape index (κ3) is 5.98. The van der Waals surface area contributed by atoms with E-state index < -0.39 is 17.6 Å². The molecule has 0 radical (unpaired) electrons. The lowest BCUT2D eigenvalue weighted by Gasteiger charge is -2.10. The lowest BCUT2D eigenvalue weighted by atomic mass is 9.96. The molecule has 39 heavy (non-hydrogen) atoms. The Morgan fingerprint density at radius 3 is 2.31 bits per heavy atom. The van der Waals surface area contributed by atoms with Gasteiger partial charge in [-0.1, -0.05) is 24.3 Å². The smallest absolute Gasteiger partial charge is 0.416 e. The zero-order chi connectivity index (χ0) is 27.6. The fraction of sp³-hybridized carbons (Fsp3) is 0.0667. The number of nitrogens with two attached hydrogens (primary N) is 1. The summed E-state index contributed by atoms with van der Waals surface area (Å²) in [6.07, 6.45) is 0.0717. The Bertz CT molecular complexity index is 1650. The molecule has 0 bridgehead atoms. The molecule has 0 saturated heterocycles. The van der Waals surface area contributed by atoms with Crippen molar-refractivity contribution in [1.29, 1.82) is 0 Å². The summed E-state index contributed by atoms with van der Waals surface area (Å²) in [6, 6.07) is 19.4. The van der Waals surface area contributed by atoms with Gasteiger partial charge in [0.1, 0.15) is 23.0 Å². The molecule has 0 spiro atoms. The first-order chi connectivity index (χ1) is 18.7. The van der Waals surface area contributed by atoms with Crippen LogP contribution in [0.3, 0.4) is 0 Å². The van der Waals surface area contributed by atoms with Gasteiger partial charge in [0, 0.05) is 23.2 Å². The normalized spacial score (nSPS) is 11.8. The molecule has 0 unspecified atom stereocenters. The van der Waals surface area contributed by atoms with Gasteiger partial charge in [-0.25, -0.2) is 9.37 Å². The lowest BCUT2D eigenvalue weighted by molar-refractivity contribution is -0.137. The van der Waals surface area contributed by atoms with Gasteiger partial charge in [-0.2, -0.15) is 13.2 Å². The van der Waals surface area contributed by atoms with Crippen molar-refractivity contribution in [3.63, 3.8) is 0 Å². The highest BCUT2D eigenvalue weighted by Gasteiger charge is 2.30. The fourth-order valence-electron chi connectivity index (χ4n) is 4.08. The molecule has 1 amide bonds. The van der Waals surface area contributed by atoms with Crippen LogP contribution in [0.5, 0.6) is 0 Å². The Morgan fingerprint density at radius 1 is 0.923 bits per heavy atom. The Morgan fingerprint density at radius 2 is 1.64 bits per heavy atom. The number of amides is 1. The maximum absolute atomic E-state index is 13.6. The third-order valence-corrected chi connectivity index (χ3v) is 6.04. The molecule has 2 aromatic heterocycles. The van der Waals surface area contributed by atoms with Crippen molar-refractivity contribution in [3.8, 4) is 22.3 Å². The lowest BCUT2D eigenvalue weighted by Crippen LogP contribution is -2.19. The number of nitrogens with one attached hydrogen (secondary N) is 1. The summed E-state index contributed by atoms with van der Waals surface area (Å²) in [5.74, 6) is 0.0906. The van der Waals surface area contributed by atoms with Gasteiger partial charge in [0.2, 0.25) is 5.91 Å². The minimum atomic E-state index is -4.44. The van der Waals surface area contributed by atoms with Crippen molar-refractivity contribution in [2.45, 2.75) is 12.7 Å². The van der Waals surface area contributed by atoms with Crippen LogP contribution in [0.2, 0.25) is 0 Å². The van der Waals surface area contributed by atoms with E-state index in [1.54, 1.807) is 54.7 Å². The monoisotopic (exact) mass is 531 g/mol. The molecule has 5 nitrogen and oxygen atoms in total. The molecular weight excluding hydrogens is 510 g/mol. The van der Waals surface area contributed by atoms with Crippen LogP contribution in [0.15, 0.2) is 95.6 Å². The minimum Gasteiger partial charge on any atom is -0.459 e. The fourth-order valence-corrected chi connectivity index (χ4v) is 4.08. The second-order valence-electron chi connectivity index (χ2n) is 8.80. The predicted molar refractivity (Wildman–Crippen MR) is 142 cm³/mol. The number of halogens is 4. The average molecular weight is 532 g/mol. The Hall–Kier alpha value is -4.92. The Kier molecular flexibility index (Phi) is 6.89. The molecule has 0 aliphatic heterocycles. The number of nitrogens with zero attached hydrogens (tertiary/aromatic N) is 1. The minimum absolute atomic E-state index is 0.0936. The molecular formula is C30H21F4N3O2. The topological polar surface area (TPSA) is 81.2 Å². The summed E-state index contributed by atoms with van der Waals surface area (Å²) < 4.78 is 58.8. The Labute approximate surface area is 220 Å². The predicted octanol–water partition coefficient (Wildman–Crippen LogP) is 7.23. The van der Waals surface area contributed by atoms with Crippen molar-refractivity contribution in [2.75, 3.05) is 5.73 Å². The summed E-state index contributed by atoms with van der Waals surface area (Å²) in [4.78, 5) is 16.3. The first-order valence-corrected chi connectivity index (χ1v) is 11.8. The van der Waals surface area contributed by atoms with E-state index in [-0.39, 0.29) is 12.5 Å². The SMILES string of the molecule is Nc1ccc(/C=C/C(=O)NCc2cc3cc(-c4ccc(C(F)(F)F)cc4)cc(-c4ccc(F)cc4)c3o2)cn1. The molecule has 5 rings (SSSR count). The number of anilines is 1. The zero-order valence-electron chi connectivity index (χ0n) is 20.3. The molecule has 3 N–H and O–H groups in total. The number of nitrogen functional groups attached to an aromatic ring is 1. The van der Waals surface area contributed by atoms with E-state index in [2.05, 4.69) is 10.3 Å². The summed E-state index contributed by atoms with van der Waals surface area (Å²) in [5.41, 5.74) is 8.57. The molecule has 9 heteroatoms. The standard InChI is InChI=1S/C30H21F4N3O2/c31-24-9-5-20(6-10-24)26-15-21(19-3-7-23(8-4-19)30(32,33)34)13-22-14-25(39-29(22)26)17-37-28(38)12-2-18-1-11-27(35)36-16-18/h1-16H,17H2,(H2,35,36)(H,37,38)/b12-2+. The van der Waals surface area contributed by atoms with Crippen molar-refractivity contribution in [2.24, 2.45) is 0 Å². The molecule has 0 aliphatic carbocycles. The highest BCUT2D eigenvalue weighted by atomic mass is 19.4. The van der Waals surface area contributed by atoms with E-state index >= 15 is 0 Å². The van der Waals surface area contributed by atoms with Gasteiger partial charge in [-0.05, 0) is 82.9 Å². The van der Waals surface area contributed by atoms with Crippen LogP contribution in [0.4, 0.5) is 23.4 Å². The van der Waals surface area contributed by atoms with E-state index in [1.807, 2.05) is 0 Å². The number of benzene rings is 3. The summed E-state index contributed by atoms with van der Waals surface area (Å²) in [6.45, 7) is 0.0936. The molecule has 0 atom stereocenters. The molecule has 0 fully saturated rings. The quantitative estimate of drug-likeness (QED) is 0.179. The van der Waals surface area contributed by atoms with Gasteiger partial charge in [0.05, 0.1) is 12.1 Å². The average Bonchev–Trinajstić information content (AvgIpc) is 3.34. The number of rotatable bonds is 6. The van der Waals surface area contributed by atoms with E-state index in [0.717, 1.165) is 12.1 Å². The number of carbonyl (C=O) groups excluding carboxylic acids is 1. The van der Waals surface area contributed by atoms with Gasteiger partial charge >= 0.3 is 6.18 Å². The van der Waals surface area contributed by atoms with Gasteiger partial charge in [0.25, 0.3) is 0 Å². The van der Waals surface area contributed by atoms with Crippen LogP contribution in [0.25, 0.3) is 39.3 Å². The zero-order valence-corrected chi connectivity index (χ0v) is 20.3. The number of furan rings is 1. The molecule has 3 aromatic carbocycles.